The van der Waals surface area contributed by atoms with E-state index in [-0.39, 0.29) is 11.9 Å². The molecule has 1 aromatic carbocycles. The molecule has 1 fully saturated rings. The Kier molecular flexibility index (Phi) is 5.92. The Hall–Kier alpha value is -1.00. The number of likely N-dealkylation sites (tertiary alicyclic amines) is 1. The van der Waals surface area contributed by atoms with Crippen molar-refractivity contribution in [2.75, 3.05) is 18.8 Å². The molecule has 1 heterocycles. The van der Waals surface area contributed by atoms with Gasteiger partial charge in [0.05, 0.1) is 5.75 Å². The molecule has 0 radical (unpaired) electrons. The standard InChI is InChI=1S/C16H24N2OS/c1-13-5-4-6-14(9-13)11-20-12-16(19)18-8-3-2-7-15(18)10-17/h4-6,9,15H,2-3,7-8,10-12,17H2,1H3. The van der Waals surface area contributed by atoms with Crippen molar-refractivity contribution >= 4 is 17.7 Å². The number of piperidine rings is 1. The van der Waals surface area contributed by atoms with Gasteiger partial charge in [0.2, 0.25) is 5.91 Å². The van der Waals surface area contributed by atoms with Gasteiger partial charge in [0.15, 0.2) is 0 Å². The van der Waals surface area contributed by atoms with E-state index in [2.05, 4.69) is 31.2 Å². The van der Waals surface area contributed by atoms with Gasteiger partial charge in [-0.2, -0.15) is 0 Å². The van der Waals surface area contributed by atoms with Gasteiger partial charge in [0.1, 0.15) is 0 Å². The first-order valence-corrected chi connectivity index (χ1v) is 8.49. The summed E-state index contributed by atoms with van der Waals surface area (Å²) in [5, 5.41) is 0. The molecule has 0 spiro atoms. The van der Waals surface area contributed by atoms with Gasteiger partial charge >= 0.3 is 0 Å². The highest BCUT2D eigenvalue weighted by Gasteiger charge is 2.24. The van der Waals surface area contributed by atoms with Crippen LogP contribution >= 0.6 is 11.8 Å². The fourth-order valence-corrected chi connectivity index (χ4v) is 3.57. The molecule has 1 aliphatic heterocycles. The van der Waals surface area contributed by atoms with Gasteiger partial charge in [-0.25, -0.2) is 0 Å². The van der Waals surface area contributed by atoms with E-state index in [1.54, 1.807) is 11.8 Å². The number of hydrogen-bond donors (Lipinski definition) is 1. The number of carbonyl (C=O) groups excluding carboxylic acids is 1. The first-order chi connectivity index (χ1) is 9.70. The van der Waals surface area contributed by atoms with Gasteiger partial charge in [-0.05, 0) is 31.7 Å². The number of nitrogens with zero attached hydrogens (tertiary/aromatic N) is 1. The average Bonchev–Trinajstić information content (AvgIpc) is 2.47. The van der Waals surface area contributed by atoms with E-state index in [1.807, 2.05) is 4.90 Å². The van der Waals surface area contributed by atoms with Crippen LogP contribution in [0.25, 0.3) is 0 Å². The maximum Gasteiger partial charge on any atom is 0.232 e. The summed E-state index contributed by atoms with van der Waals surface area (Å²) < 4.78 is 0. The molecular formula is C16H24N2OS. The topological polar surface area (TPSA) is 46.3 Å². The lowest BCUT2D eigenvalue weighted by Gasteiger charge is -2.35. The number of aryl methyl sites for hydroxylation is 1. The molecular weight excluding hydrogens is 268 g/mol. The molecule has 0 saturated carbocycles. The summed E-state index contributed by atoms with van der Waals surface area (Å²) in [5.41, 5.74) is 8.33. The summed E-state index contributed by atoms with van der Waals surface area (Å²) in [6.45, 7) is 3.57. The second kappa shape index (κ2) is 7.70. The van der Waals surface area contributed by atoms with Crippen LogP contribution in [0.5, 0.6) is 0 Å². The van der Waals surface area contributed by atoms with Crippen LogP contribution in [0.4, 0.5) is 0 Å². The van der Waals surface area contributed by atoms with Crippen molar-refractivity contribution in [2.24, 2.45) is 5.73 Å². The fourth-order valence-electron chi connectivity index (χ4n) is 2.71. The lowest BCUT2D eigenvalue weighted by atomic mass is 10.0. The monoisotopic (exact) mass is 292 g/mol. The number of benzene rings is 1. The minimum absolute atomic E-state index is 0.248. The Labute approximate surface area is 125 Å². The normalized spacial score (nSPS) is 19.1. The molecule has 4 heteroatoms. The summed E-state index contributed by atoms with van der Waals surface area (Å²) in [6, 6.07) is 8.73. The highest BCUT2D eigenvalue weighted by Crippen LogP contribution is 2.19. The molecule has 110 valence electrons. The van der Waals surface area contributed by atoms with Crippen LogP contribution in [0.3, 0.4) is 0 Å². The highest BCUT2D eigenvalue weighted by molar-refractivity contribution is 7.99. The van der Waals surface area contributed by atoms with Crippen LogP contribution in [-0.2, 0) is 10.5 Å². The van der Waals surface area contributed by atoms with Crippen molar-refractivity contribution in [1.82, 2.24) is 4.90 Å². The van der Waals surface area contributed by atoms with Crippen LogP contribution in [0.15, 0.2) is 24.3 Å². The summed E-state index contributed by atoms with van der Waals surface area (Å²) >= 11 is 1.70. The van der Waals surface area contributed by atoms with Crippen LogP contribution in [0.1, 0.15) is 30.4 Å². The van der Waals surface area contributed by atoms with E-state index in [1.165, 1.54) is 17.5 Å². The molecule has 2 rings (SSSR count). The van der Waals surface area contributed by atoms with Gasteiger partial charge in [-0.15, -0.1) is 11.8 Å². The lowest BCUT2D eigenvalue weighted by Crippen LogP contribution is -2.48. The summed E-state index contributed by atoms with van der Waals surface area (Å²) in [7, 11) is 0. The second-order valence-electron chi connectivity index (χ2n) is 5.45. The van der Waals surface area contributed by atoms with Crippen molar-refractivity contribution < 1.29 is 4.79 Å². The third-order valence-corrected chi connectivity index (χ3v) is 4.78. The predicted octanol–water partition coefficient (Wildman–Crippen LogP) is 2.57. The fraction of sp³-hybridized carbons (Fsp3) is 0.562. The third kappa shape index (κ3) is 4.25. The number of nitrogens with two attached hydrogens (primary N) is 1. The Morgan fingerprint density at radius 2 is 2.30 bits per heavy atom. The number of hydrogen-bond acceptors (Lipinski definition) is 3. The first kappa shape index (κ1) is 15.4. The van der Waals surface area contributed by atoms with E-state index in [4.69, 9.17) is 5.73 Å². The van der Waals surface area contributed by atoms with E-state index in [0.29, 0.717) is 12.3 Å². The molecule has 1 unspecified atom stereocenters. The molecule has 20 heavy (non-hydrogen) atoms. The van der Waals surface area contributed by atoms with Crippen LogP contribution in [0, 0.1) is 6.92 Å². The van der Waals surface area contributed by atoms with Gasteiger partial charge < -0.3 is 10.6 Å². The number of rotatable bonds is 5. The van der Waals surface area contributed by atoms with Gasteiger partial charge in [-0.3, -0.25) is 4.79 Å². The predicted molar refractivity (Wildman–Crippen MR) is 85.7 cm³/mol. The van der Waals surface area contributed by atoms with E-state index in [9.17, 15) is 4.79 Å². The molecule has 1 aliphatic rings. The van der Waals surface area contributed by atoms with Crippen molar-refractivity contribution in [3.05, 3.63) is 35.4 Å². The maximum absolute atomic E-state index is 12.3. The minimum Gasteiger partial charge on any atom is -0.338 e. The SMILES string of the molecule is Cc1cccc(CSCC(=O)N2CCCCC2CN)c1. The third-order valence-electron chi connectivity index (χ3n) is 3.80. The van der Waals surface area contributed by atoms with E-state index < -0.39 is 0 Å². The zero-order chi connectivity index (χ0) is 14.4. The Morgan fingerprint density at radius 3 is 3.05 bits per heavy atom. The van der Waals surface area contributed by atoms with Gasteiger partial charge in [-0.1, -0.05) is 29.8 Å². The smallest absolute Gasteiger partial charge is 0.232 e. The minimum atomic E-state index is 0.248. The van der Waals surface area contributed by atoms with Gasteiger partial charge in [0, 0.05) is 24.9 Å². The summed E-state index contributed by atoms with van der Waals surface area (Å²) in [6.07, 6.45) is 3.37. The number of amides is 1. The summed E-state index contributed by atoms with van der Waals surface area (Å²) in [5.74, 6) is 1.71. The Morgan fingerprint density at radius 1 is 1.45 bits per heavy atom. The zero-order valence-corrected chi connectivity index (χ0v) is 13.0. The molecule has 2 N–H and O–H groups in total. The molecule has 1 amide bonds. The van der Waals surface area contributed by atoms with Crippen molar-refractivity contribution in [1.29, 1.82) is 0 Å². The highest BCUT2D eigenvalue weighted by atomic mass is 32.2. The number of carbonyl (C=O) groups is 1. The first-order valence-electron chi connectivity index (χ1n) is 7.33. The van der Waals surface area contributed by atoms with Crippen molar-refractivity contribution in [3.8, 4) is 0 Å². The molecule has 0 bridgehead atoms. The Bertz CT molecular complexity index is 450. The summed E-state index contributed by atoms with van der Waals surface area (Å²) in [4.78, 5) is 14.3. The van der Waals surface area contributed by atoms with E-state index >= 15 is 0 Å². The van der Waals surface area contributed by atoms with Gasteiger partial charge in [0.25, 0.3) is 0 Å². The molecule has 0 aromatic heterocycles. The molecule has 3 nitrogen and oxygen atoms in total. The van der Waals surface area contributed by atoms with Crippen LogP contribution in [-0.4, -0.2) is 35.7 Å². The quantitative estimate of drug-likeness (QED) is 0.907. The largest absolute Gasteiger partial charge is 0.338 e. The molecule has 1 saturated heterocycles. The van der Waals surface area contributed by atoms with E-state index in [0.717, 1.165) is 25.1 Å². The number of thioether (sulfide) groups is 1. The molecule has 1 atom stereocenters. The van der Waals surface area contributed by atoms with Crippen LogP contribution < -0.4 is 5.73 Å². The maximum atomic E-state index is 12.3. The molecule has 1 aromatic rings. The Balaban J connectivity index is 1.79. The zero-order valence-electron chi connectivity index (χ0n) is 12.2. The lowest BCUT2D eigenvalue weighted by molar-refractivity contribution is -0.131. The van der Waals surface area contributed by atoms with Crippen molar-refractivity contribution in [2.45, 2.75) is 38.0 Å². The van der Waals surface area contributed by atoms with Crippen LogP contribution in [0.2, 0.25) is 0 Å². The average molecular weight is 292 g/mol. The molecule has 0 aliphatic carbocycles. The second-order valence-corrected chi connectivity index (χ2v) is 6.44. The van der Waals surface area contributed by atoms with Crippen molar-refractivity contribution in [3.63, 3.8) is 0 Å².